The fourth-order valence-electron chi connectivity index (χ4n) is 2.45. The minimum Gasteiger partial charge on any atom is -0.324 e. The third-order valence-corrected chi connectivity index (χ3v) is 4.62. The molecule has 0 aliphatic rings. The number of carbonyl (C=O) groups is 1. The molecule has 2 aromatic heterocycles. The fourth-order valence-corrected chi connectivity index (χ4v) is 3.39. The van der Waals surface area contributed by atoms with Gasteiger partial charge in [-0.2, -0.15) is 0 Å². The maximum Gasteiger partial charge on any atom is 0.224 e. The van der Waals surface area contributed by atoms with Crippen molar-refractivity contribution in [1.82, 2.24) is 9.97 Å². The van der Waals surface area contributed by atoms with Gasteiger partial charge in [0.05, 0.1) is 21.9 Å². The molecular formula is C17H17N3OS. The molecule has 1 amide bonds. The van der Waals surface area contributed by atoms with Crippen molar-refractivity contribution >= 4 is 33.8 Å². The summed E-state index contributed by atoms with van der Waals surface area (Å²) in [5.74, 6) is 0.00334. The van der Waals surface area contributed by atoms with Crippen LogP contribution in [0.2, 0.25) is 0 Å². The second-order valence-electron chi connectivity index (χ2n) is 5.17. The van der Waals surface area contributed by atoms with Gasteiger partial charge in [-0.25, -0.2) is 4.98 Å². The molecule has 0 saturated carbocycles. The predicted octanol–water partition coefficient (Wildman–Crippen LogP) is 3.88. The van der Waals surface area contributed by atoms with Gasteiger partial charge in [-0.1, -0.05) is 18.2 Å². The van der Waals surface area contributed by atoms with Crippen LogP contribution in [-0.4, -0.2) is 15.9 Å². The Morgan fingerprint density at radius 3 is 2.82 bits per heavy atom. The Morgan fingerprint density at radius 1 is 1.23 bits per heavy atom. The first-order valence-corrected chi connectivity index (χ1v) is 8.01. The molecular weight excluding hydrogens is 294 g/mol. The van der Waals surface area contributed by atoms with Crippen molar-refractivity contribution in [2.75, 3.05) is 5.32 Å². The highest BCUT2D eigenvalue weighted by Crippen LogP contribution is 2.22. The fraction of sp³-hybridized carbons (Fsp3) is 0.235. The average molecular weight is 311 g/mol. The summed E-state index contributed by atoms with van der Waals surface area (Å²) in [6.07, 6.45) is 2.91. The number of nitrogens with one attached hydrogen (secondary N) is 1. The largest absolute Gasteiger partial charge is 0.324 e. The minimum atomic E-state index is 0.00334. The summed E-state index contributed by atoms with van der Waals surface area (Å²) in [4.78, 5) is 22.1. The van der Waals surface area contributed by atoms with Crippen LogP contribution in [0.1, 0.15) is 22.0 Å². The molecule has 0 radical (unpaired) electrons. The van der Waals surface area contributed by atoms with Crippen LogP contribution in [0.4, 0.5) is 5.69 Å². The Kier molecular flexibility index (Phi) is 4.15. The molecule has 0 unspecified atom stereocenters. The highest BCUT2D eigenvalue weighted by Gasteiger charge is 2.10. The number of anilines is 1. The van der Waals surface area contributed by atoms with E-state index in [1.54, 1.807) is 17.5 Å². The van der Waals surface area contributed by atoms with Crippen molar-refractivity contribution in [1.29, 1.82) is 0 Å². The number of fused-ring (bicyclic) bond motifs is 1. The number of pyridine rings is 1. The second kappa shape index (κ2) is 6.23. The highest BCUT2D eigenvalue weighted by atomic mass is 32.1. The average Bonchev–Trinajstić information content (AvgIpc) is 2.83. The van der Waals surface area contributed by atoms with Crippen molar-refractivity contribution in [3.63, 3.8) is 0 Å². The summed E-state index contributed by atoms with van der Waals surface area (Å²) >= 11 is 1.66. The molecule has 4 nitrogen and oxygen atoms in total. The van der Waals surface area contributed by atoms with Crippen LogP contribution in [0.3, 0.4) is 0 Å². The van der Waals surface area contributed by atoms with E-state index in [4.69, 9.17) is 0 Å². The van der Waals surface area contributed by atoms with Crippen LogP contribution in [-0.2, 0) is 11.2 Å². The predicted molar refractivity (Wildman–Crippen MR) is 90.3 cm³/mol. The summed E-state index contributed by atoms with van der Waals surface area (Å²) in [6.45, 7) is 3.98. The molecule has 0 aliphatic carbocycles. The van der Waals surface area contributed by atoms with Gasteiger partial charge in [-0.05, 0) is 32.4 Å². The number of amides is 1. The topological polar surface area (TPSA) is 54.9 Å². The first-order chi connectivity index (χ1) is 10.6. The molecule has 0 atom stereocenters. The zero-order chi connectivity index (χ0) is 15.5. The lowest BCUT2D eigenvalue weighted by Gasteiger charge is -2.07. The highest BCUT2D eigenvalue weighted by molar-refractivity contribution is 7.11. The monoisotopic (exact) mass is 311 g/mol. The zero-order valence-electron chi connectivity index (χ0n) is 12.6. The quantitative estimate of drug-likeness (QED) is 0.795. The molecule has 3 aromatic rings. The van der Waals surface area contributed by atoms with Crippen molar-refractivity contribution in [3.05, 3.63) is 52.1 Å². The smallest absolute Gasteiger partial charge is 0.224 e. The van der Waals surface area contributed by atoms with Crippen LogP contribution in [0.5, 0.6) is 0 Å². The van der Waals surface area contributed by atoms with Gasteiger partial charge in [0, 0.05) is 22.9 Å². The van der Waals surface area contributed by atoms with E-state index in [1.165, 1.54) is 4.88 Å². The SMILES string of the molecule is Cc1nc(C)c(CCC(=O)Nc2cccc3cccnc23)s1. The van der Waals surface area contributed by atoms with Crippen LogP contribution in [0.25, 0.3) is 10.9 Å². The van der Waals surface area contributed by atoms with E-state index in [9.17, 15) is 4.79 Å². The number of nitrogens with zero attached hydrogens (tertiary/aromatic N) is 2. The van der Waals surface area contributed by atoms with Crippen LogP contribution >= 0.6 is 11.3 Å². The van der Waals surface area contributed by atoms with Gasteiger partial charge >= 0.3 is 0 Å². The number of hydrogen-bond acceptors (Lipinski definition) is 4. The van der Waals surface area contributed by atoms with E-state index in [2.05, 4.69) is 15.3 Å². The lowest BCUT2D eigenvalue weighted by molar-refractivity contribution is -0.116. The molecule has 1 N–H and O–H groups in total. The number of carbonyl (C=O) groups excluding carboxylic acids is 1. The lowest BCUT2D eigenvalue weighted by atomic mass is 10.2. The van der Waals surface area contributed by atoms with Crippen molar-refractivity contribution in [2.45, 2.75) is 26.7 Å². The standard InChI is InChI=1S/C17H17N3OS/c1-11-15(22-12(2)19-11)8-9-16(21)20-14-7-3-5-13-6-4-10-18-17(13)14/h3-7,10H,8-9H2,1-2H3,(H,20,21). The van der Waals surface area contributed by atoms with Crippen molar-refractivity contribution in [2.24, 2.45) is 0 Å². The van der Waals surface area contributed by atoms with E-state index in [0.717, 1.165) is 33.7 Å². The number of benzene rings is 1. The third kappa shape index (κ3) is 3.14. The van der Waals surface area contributed by atoms with Crippen molar-refractivity contribution < 1.29 is 4.79 Å². The zero-order valence-corrected chi connectivity index (χ0v) is 13.4. The van der Waals surface area contributed by atoms with E-state index in [0.29, 0.717) is 6.42 Å². The summed E-state index contributed by atoms with van der Waals surface area (Å²) in [5, 5.41) is 5.03. The Labute approximate surface area is 133 Å². The molecule has 2 heterocycles. The minimum absolute atomic E-state index is 0.00334. The number of hydrogen-bond donors (Lipinski definition) is 1. The maximum atomic E-state index is 12.2. The third-order valence-electron chi connectivity index (χ3n) is 3.49. The number of para-hydroxylation sites is 1. The van der Waals surface area contributed by atoms with Gasteiger partial charge in [0.1, 0.15) is 0 Å². The molecule has 0 aliphatic heterocycles. The molecule has 0 bridgehead atoms. The van der Waals surface area contributed by atoms with Crippen LogP contribution in [0, 0.1) is 13.8 Å². The van der Waals surface area contributed by atoms with E-state index >= 15 is 0 Å². The lowest BCUT2D eigenvalue weighted by Crippen LogP contribution is -2.12. The van der Waals surface area contributed by atoms with E-state index in [1.807, 2.05) is 44.2 Å². The molecule has 5 heteroatoms. The maximum absolute atomic E-state index is 12.2. The van der Waals surface area contributed by atoms with Crippen LogP contribution < -0.4 is 5.32 Å². The molecule has 22 heavy (non-hydrogen) atoms. The Bertz CT molecular complexity index is 820. The molecule has 0 spiro atoms. The Balaban J connectivity index is 1.70. The van der Waals surface area contributed by atoms with Gasteiger partial charge in [0.25, 0.3) is 0 Å². The number of aromatic nitrogens is 2. The number of thiazole rings is 1. The molecule has 0 fully saturated rings. The molecule has 1 aromatic carbocycles. The summed E-state index contributed by atoms with van der Waals surface area (Å²) in [5.41, 5.74) is 2.62. The van der Waals surface area contributed by atoms with E-state index < -0.39 is 0 Å². The van der Waals surface area contributed by atoms with E-state index in [-0.39, 0.29) is 5.91 Å². The first-order valence-electron chi connectivity index (χ1n) is 7.20. The number of aryl methyl sites for hydroxylation is 3. The molecule has 3 rings (SSSR count). The van der Waals surface area contributed by atoms with Gasteiger partial charge in [0.15, 0.2) is 0 Å². The summed E-state index contributed by atoms with van der Waals surface area (Å²) in [7, 11) is 0. The van der Waals surface area contributed by atoms with Crippen LogP contribution in [0.15, 0.2) is 36.5 Å². The van der Waals surface area contributed by atoms with Gasteiger partial charge in [0.2, 0.25) is 5.91 Å². The Hall–Kier alpha value is -2.27. The molecule has 0 saturated heterocycles. The molecule has 112 valence electrons. The van der Waals surface area contributed by atoms with Gasteiger partial charge in [-0.15, -0.1) is 11.3 Å². The number of rotatable bonds is 4. The summed E-state index contributed by atoms with van der Waals surface area (Å²) in [6, 6.07) is 9.68. The first kappa shape index (κ1) is 14.7. The van der Waals surface area contributed by atoms with Crippen molar-refractivity contribution in [3.8, 4) is 0 Å². The summed E-state index contributed by atoms with van der Waals surface area (Å²) < 4.78 is 0. The second-order valence-corrected chi connectivity index (χ2v) is 6.46. The normalized spacial score (nSPS) is 10.8. The Morgan fingerprint density at radius 2 is 2.05 bits per heavy atom. The van der Waals surface area contributed by atoms with Gasteiger partial charge < -0.3 is 5.32 Å². The van der Waals surface area contributed by atoms with Gasteiger partial charge in [-0.3, -0.25) is 9.78 Å².